The standard InChI is InChI=1S/C9H10BrN3S2/c1-11-8(9-4-12-13-15-9)3-7-2-6(10)5-14-7/h2,4-5,8,11H,3H2,1H3. The van der Waals surface area contributed by atoms with Crippen LogP contribution in [0.3, 0.4) is 0 Å². The average molecular weight is 304 g/mol. The summed E-state index contributed by atoms with van der Waals surface area (Å²) in [4.78, 5) is 2.54. The number of nitrogens with zero attached hydrogens (tertiary/aromatic N) is 2. The molecule has 1 N–H and O–H groups in total. The normalized spacial score (nSPS) is 12.9. The minimum absolute atomic E-state index is 0.315. The summed E-state index contributed by atoms with van der Waals surface area (Å²) in [5.41, 5.74) is 0. The first-order chi connectivity index (χ1) is 7.29. The summed E-state index contributed by atoms with van der Waals surface area (Å²) in [5, 5.41) is 9.25. The van der Waals surface area contributed by atoms with Crippen LogP contribution in [0.25, 0.3) is 0 Å². The summed E-state index contributed by atoms with van der Waals surface area (Å²) in [6, 6.07) is 2.47. The minimum atomic E-state index is 0.315. The molecule has 0 radical (unpaired) electrons. The molecule has 0 aliphatic rings. The van der Waals surface area contributed by atoms with Gasteiger partial charge in [-0.05, 0) is 40.6 Å². The third-order valence-corrected chi connectivity index (χ3v) is 4.59. The van der Waals surface area contributed by atoms with Crippen molar-refractivity contribution < 1.29 is 0 Å². The second kappa shape index (κ2) is 5.16. The highest BCUT2D eigenvalue weighted by Crippen LogP contribution is 2.26. The van der Waals surface area contributed by atoms with Gasteiger partial charge in [0.1, 0.15) is 0 Å². The molecule has 2 heterocycles. The van der Waals surface area contributed by atoms with Crippen LogP contribution in [0.1, 0.15) is 15.8 Å². The van der Waals surface area contributed by atoms with E-state index in [1.807, 2.05) is 13.2 Å². The van der Waals surface area contributed by atoms with Crippen LogP contribution in [0, 0.1) is 0 Å². The summed E-state index contributed by atoms with van der Waals surface area (Å²) in [6.45, 7) is 0. The highest BCUT2D eigenvalue weighted by Gasteiger charge is 2.13. The van der Waals surface area contributed by atoms with Gasteiger partial charge in [0, 0.05) is 27.2 Å². The molecule has 3 nitrogen and oxygen atoms in total. The van der Waals surface area contributed by atoms with Crippen molar-refractivity contribution in [3.8, 4) is 0 Å². The highest BCUT2D eigenvalue weighted by atomic mass is 79.9. The number of hydrogen-bond donors (Lipinski definition) is 1. The molecule has 0 aromatic carbocycles. The predicted molar refractivity (Wildman–Crippen MR) is 67.4 cm³/mol. The highest BCUT2D eigenvalue weighted by molar-refractivity contribution is 9.10. The van der Waals surface area contributed by atoms with E-state index in [-0.39, 0.29) is 0 Å². The van der Waals surface area contributed by atoms with Crippen LogP contribution in [-0.2, 0) is 6.42 Å². The van der Waals surface area contributed by atoms with Crippen LogP contribution in [0.15, 0.2) is 22.1 Å². The third kappa shape index (κ3) is 2.84. The molecule has 1 atom stereocenters. The van der Waals surface area contributed by atoms with Gasteiger partial charge in [-0.15, -0.1) is 16.4 Å². The lowest BCUT2D eigenvalue weighted by molar-refractivity contribution is 0.605. The zero-order valence-corrected chi connectivity index (χ0v) is 11.3. The van der Waals surface area contributed by atoms with E-state index in [1.54, 1.807) is 11.3 Å². The molecule has 0 spiro atoms. The molecule has 6 heteroatoms. The molecule has 0 aliphatic carbocycles. The van der Waals surface area contributed by atoms with E-state index in [0.29, 0.717) is 6.04 Å². The monoisotopic (exact) mass is 303 g/mol. The average Bonchev–Trinajstić information content (AvgIpc) is 2.85. The third-order valence-electron chi connectivity index (χ3n) is 2.10. The van der Waals surface area contributed by atoms with Crippen molar-refractivity contribution in [2.45, 2.75) is 12.5 Å². The Morgan fingerprint density at radius 3 is 3.00 bits per heavy atom. The molecular weight excluding hydrogens is 294 g/mol. The number of nitrogens with one attached hydrogen (secondary N) is 1. The van der Waals surface area contributed by atoms with Crippen LogP contribution < -0.4 is 5.32 Å². The Balaban J connectivity index is 2.09. The zero-order chi connectivity index (χ0) is 10.7. The second-order valence-electron chi connectivity index (χ2n) is 3.10. The van der Waals surface area contributed by atoms with Gasteiger partial charge in [-0.2, -0.15) is 0 Å². The van der Waals surface area contributed by atoms with Gasteiger partial charge in [0.05, 0.1) is 11.1 Å². The van der Waals surface area contributed by atoms with Gasteiger partial charge < -0.3 is 5.32 Å². The number of halogens is 1. The van der Waals surface area contributed by atoms with E-state index in [4.69, 9.17) is 0 Å². The van der Waals surface area contributed by atoms with Crippen LogP contribution in [0.5, 0.6) is 0 Å². The SMILES string of the molecule is CNC(Cc1cc(Br)cs1)c1cnns1. The van der Waals surface area contributed by atoms with Crippen LogP contribution in [-0.4, -0.2) is 16.6 Å². The maximum atomic E-state index is 3.88. The molecule has 0 fully saturated rings. The largest absolute Gasteiger partial charge is 0.312 e. The molecule has 0 aliphatic heterocycles. The van der Waals surface area contributed by atoms with E-state index in [9.17, 15) is 0 Å². The first kappa shape index (κ1) is 11.2. The minimum Gasteiger partial charge on any atom is -0.312 e. The number of thiophene rings is 1. The van der Waals surface area contributed by atoms with E-state index in [0.717, 1.165) is 10.9 Å². The fourth-order valence-corrected chi connectivity index (χ4v) is 3.44. The lowest BCUT2D eigenvalue weighted by atomic mass is 10.1. The van der Waals surface area contributed by atoms with Crippen LogP contribution in [0.4, 0.5) is 0 Å². The fraction of sp³-hybridized carbons (Fsp3) is 0.333. The Morgan fingerprint density at radius 1 is 1.60 bits per heavy atom. The first-order valence-corrected chi connectivity index (χ1v) is 6.91. The van der Waals surface area contributed by atoms with Crippen molar-refractivity contribution in [1.82, 2.24) is 14.9 Å². The van der Waals surface area contributed by atoms with Crippen molar-refractivity contribution >= 4 is 38.8 Å². The number of aromatic nitrogens is 2. The summed E-state index contributed by atoms with van der Waals surface area (Å²) in [7, 11) is 1.97. The number of likely N-dealkylation sites (N-methyl/N-ethyl adjacent to an activating group) is 1. The van der Waals surface area contributed by atoms with Crippen LogP contribution >= 0.6 is 38.8 Å². The molecule has 2 aromatic rings. The summed E-state index contributed by atoms with van der Waals surface area (Å²) in [6.07, 6.45) is 2.81. The maximum Gasteiger partial charge on any atom is 0.0669 e. The zero-order valence-electron chi connectivity index (χ0n) is 8.11. The van der Waals surface area contributed by atoms with Gasteiger partial charge in [-0.25, -0.2) is 0 Å². The van der Waals surface area contributed by atoms with Gasteiger partial charge in [-0.1, -0.05) is 4.49 Å². The van der Waals surface area contributed by atoms with Crippen molar-refractivity contribution in [2.75, 3.05) is 7.05 Å². The van der Waals surface area contributed by atoms with Gasteiger partial charge in [0.25, 0.3) is 0 Å². The van der Waals surface area contributed by atoms with Gasteiger partial charge in [0.2, 0.25) is 0 Å². The van der Waals surface area contributed by atoms with E-state index >= 15 is 0 Å². The summed E-state index contributed by atoms with van der Waals surface area (Å²) < 4.78 is 5.04. The van der Waals surface area contributed by atoms with Crippen molar-refractivity contribution in [3.63, 3.8) is 0 Å². The fourth-order valence-electron chi connectivity index (χ4n) is 1.34. The quantitative estimate of drug-likeness (QED) is 0.944. The van der Waals surface area contributed by atoms with Crippen LogP contribution in [0.2, 0.25) is 0 Å². The van der Waals surface area contributed by atoms with Gasteiger partial charge in [0.15, 0.2) is 0 Å². The number of rotatable bonds is 4. The molecule has 0 bridgehead atoms. The molecule has 80 valence electrons. The molecule has 0 amide bonds. The first-order valence-electron chi connectivity index (χ1n) is 4.47. The Morgan fingerprint density at radius 2 is 2.47 bits per heavy atom. The molecule has 0 saturated heterocycles. The Labute approximate surface area is 105 Å². The lowest BCUT2D eigenvalue weighted by Crippen LogP contribution is -2.17. The Bertz CT molecular complexity index is 413. The number of hydrogen-bond acceptors (Lipinski definition) is 5. The predicted octanol–water partition coefficient (Wildman–Crippen LogP) is 2.87. The Kier molecular flexibility index (Phi) is 3.85. The van der Waals surface area contributed by atoms with Crippen molar-refractivity contribution in [3.05, 3.63) is 31.9 Å². The molecule has 1 unspecified atom stereocenters. The van der Waals surface area contributed by atoms with Gasteiger partial charge in [-0.3, -0.25) is 0 Å². The molecule has 2 rings (SSSR count). The molecule has 2 aromatic heterocycles. The maximum absolute atomic E-state index is 3.88. The molecule has 0 saturated carbocycles. The lowest BCUT2D eigenvalue weighted by Gasteiger charge is -2.11. The second-order valence-corrected chi connectivity index (χ2v) is 5.83. The van der Waals surface area contributed by atoms with E-state index in [2.05, 4.69) is 42.3 Å². The van der Waals surface area contributed by atoms with Crippen molar-refractivity contribution in [1.29, 1.82) is 0 Å². The summed E-state index contributed by atoms with van der Waals surface area (Å²) in [5.74, 6) is 0. The molecular formula is C9H10BrN3S2. The molecule has 15 heavy (non-hydrogen) atoms. The topological polar surface area (TPSA) is 37.8 Å². The van der Waals surface area contributed by atoms with E-state index < -0.39 is 0 Å². The summed E-state index contributed by atoms with van der Waals surface area (Å²) >= 11 is 6.68. The Hall–Kier alpha value is -0.300. The van der Waals surface area contributed by atoms with E-state index in [1.165, 1.54) is 21.3 Å². The van der Waals surface area contributed by atoms with Crippen molar-refractivity contribution in [2.24, 2.45) is 0 Å². The smallest absolute Gasteiger partial charge is 0.0669 e. The van der Waals surface area contributed by atoms with Gasteiger partial charge >= 0.3 is 0 Å².